The quantitative estimate of drug-likeness (QED) is 0.487. The van der Waals surface area contributed by atoms with Crippen LogP contribution in [0.3, 0.4) is 0 Å². The molecule has 1 aromatic rings. The third-order valence-electron chi connectivity index (χ3n) is 4.08. The van der Waals surface area contributed by atoms with Gasteiger partial charge >= 0.3 is 11.9 Å². The highest BCUT2D eigenvalue weighted by Crippen LogP contribution is 2.29. The molecule has 0 heterocycles. The minimum Gasteiger partial charge on any atom is -0.426 e. The number of esters is 2. The Labute approximate surface area is 145 Å². The minimum atomic E-state index is -0.537. The summed E-state index contributed by atoms with van der Waals surface area (Å²) in [7, 11) is 0. The van der Waals surface area contributed by atoms with Crippen LogP contribution >= 0.6 is 0 Å². The van der Waals surface area contributed by atoms with Crippen molar-refractivity contribution in [1.29, 1.82) is 0 Å². The summed E-state index contributed by atoms with van der Waals surface area (Å²) in [6.45, 7) is 11.6. The maximum atomic E-state index is 12.3. The van der Waals surface area contributed by atoms with Crippen LogP contribution in [0.25, 0.3) is 0 Å². The highest BCUT2D eigenvalue weighted by Gasteiger charge is 2.30. The Morgan fingerprint density at radius 3 is 1.54 bits per heavy atom. The van der Waals surface area contributed by atoms with Crippen molar-refractivity contribution in [2.45, 2.75) is 67.2 Å². The molecule has 0 aliphatic carbocycles. The van der Waals surface area contributed by atoms with Crippen LogP contribution in [0.4, 0.5) is 0 Å². The molecule has 0 N–H and O–H groups in total. The predicted molar refractivity (Wildman–Crippen MR) is 95.1 cm³/mol. The maximum absolute atomic E-state index is 12.3. The molecule has 0 radical (unpaired) electrons. The molecule has 0 aliphatic rings. The SMILES string of the molecule is CCCC(C)(C)C(=O)Oc1cccc(OC(=O)C(C)(C)CCC)c1. The molecular weight excluding hydrogens is 304 g/mol. The van der Waals surface area contributed by atoms with Crippen molar-refractivity contribution >= 4 is 11.9 Å². The molecule has 0 bridgehead atoms. The lowest BCUT2D eigenvalue weighted by Crippen LogP contribution is -2.29. The Morgan fingerprint density at radius 2 is 1.21 bits per heavy atom. The summed E-state index contributed by atoms with van der Waals surface area (Å²) in [5, 5.41) is 0. The lowest BCUT2D eigenvalue weighted by Gasteiger charge is -2.22. The van der Waals surface area contributed by atoms with Gasteiger partial charge in [0.05, 0.1) is 10.8 Å². The fourth-order valence-electron chi connectivity index (χ4n) is 2.55. The molecule has 0 fully saturated rings. The van der Waals surface area contributed by atoms with E-state index in [1.807, 2.05) is 41.5 Å². The molecule has 0 unspecified atom stereocenters. The summed E-state index contributed by atoms with van der Waals surface area (Å²) in [5.41, 5.74) is -1.07. The van der Waals surface area contributed by atoms with Crippen molar-refractivity contribution in [3.63, 3.8) is 0 Å². The number of carbonyl (C=O) groups is 2. The van der Waals surface area contributed by atoms with Gasteiger partial charge in [0.25, 0.3) is 0 Å². The minimum absolute atomic E-state index is 0.279. The second-order valence-corrected chi connectivity index (χ2v) is 7.52. The van der Waals surface area contributed by atoms with Gasteiger partial charge in [0, 0.05) is 6.07 Å². The molecule has 0 aliphatic heterocycles. The van der Waals surface area contributed by atoms with Gasteiger partial charge < -0.3 is 9.47 Å². The number of benzene rings is 1. The van der Waals surface area contributed by atoms with Crippen molar-refractivity contribution in [3.8, 4) is 11.5 Å². The van der Waals surface area contributed by atoms with Crippen molar-refractivity contribution < 1.29 is 19.1 Å². The zero-order chi connectivity index (χ0) is 18.4. The first-order valence-electron chi connectivity index (χ1n) is 8.67. The normalized spacial score (nSPS) is 11.9. The van der Waals surface area contributed by atoms with Crippen LogP contribution in [0.5, 0.6) is 11.5 Å². The van der Waals surface area contributed by atoms with Crippen LogP contribution in [-0.2, 0) is 9.59 Å². The molecule has 0 saturated carbocycles. The fraction of sp³-hybridized carbons (Fsp3) is 0.600. The fourth-order valence-corrected chi connectivity index (χ4v) is 2.55. The Hall–Kier alpha value is -1.84. The molecule has 134 valence electrons. The summed E-state index contributed by atoms with van der Waals surface area (Å²) < 4.78 is 10.9. The first kappa shape index (κ1) is 20.2. The van der Waals surface area contributed by atoms with Gasteiger partial charge in [-0.1, -0.05) is 32.8 Å². The zero-order valence-electron chi connectivity index (χ0n) is 15.8. The van der Waals surface area contributed by atoms with E-state index in [2.05, 4.69) is 0 Å². The third kappa shape index (κ3) is 5.66. The number of hydrogen-bond acceptors (Lipinski definition) is 4. The van der Waals surface area contributed by atoms with E-state index in [0.717, 1.165) is 25.7 Å². The van der Waals surface area contributed by atoms with E-state index in [1.165, 1.54) is 0 Å². The number of carbonyl (C=O) groups excluding carboxylic acids is 2. The van der Waals surface area contributed by atoms with Gasteiger partial charge in [-0.3, -0.25) is 9.59 Å². The first-order valence-corrected chi connectivity index (χ1v) is 8.67. The number of ether oxygens (including phenoxy) is 2. The highest BCUT2D eigenvalue weighted by molar-refractivity contribution is 5.79. The van der Waals surface area contributed by atoms with Gasteiger partial charge in [-0.2, -0.15) is 0 Å². The van der Waals surface area contributed by atoms with Crippen LogP contribution in [-0.4, -0.2) is 11.9 Å². The lowest BCUT2D eigenvalue weighted by atomic mass is 9.88. The molecule has 0 saturated heterocycles. The molecule has 4 heteroatoms. The summed E-state index contributed by atoms with van der Waals surface area (Å²) in [5.74, 6) is 0.226. The van der Waals surface area contributed by atoms with Crippen molar-refractivity contribution in [3.05, 3.63) is 24.3 Å². The van der Waals surface area contributed by atoms with Gasteiger partial charge in [0.15, 0.2) is 0 Å². The highest BCUT2D eigenvalue weighted by atomic mass is 16.5. The largest absolute Gasteiger partial charge is 0.426 e. The third-order valence-corrected chi connectivity index (χ3v) is 4.08. The topological polar surface area (TPSA) is 52.6 Å². The smallest absolute Gasteiger partial charge is 0.316 e. The van der Waals surface area contributed by atoms with Crippen molar-refractivity contribution in [1.82, 2.24) is 0 Å². The first-order chi connectivity index (χ1) is 11.1. The Morgan fingerprint density at radius 1 is 0.833 bits per heavy atom. The van der Waals surface area contributed by atoms with Crippen molar-refractivity contribution in [2.24, 2.45) is 10.8 Å². The predicted octanol–water partition coefficient (Wildman–Crippen LogP) is 5.15. The molecule has 0 atom stereocenters. The molecule has 0 amide bonds. The lowest BCUT2D eigenvalue weighted by molar-refractivity contribution is -0.144. The average Bonchev–Trinajstić information content (AvgIpc) is 2.47. The number of rotatable bonds is 8. The van der Waals surface area contributed by atoms with Gasteiger partial charge in [-0.15, -0.1) is 0 Å². The molecule has 4 nitrogen and oxygen atoms in total. The molecule has 0 aromatic heterocycles. The Bertz CT molecular complexity index is 526. The van der Waals surface area contributed by atoms with Crippen LogP contribution in [0.1, 0.15) is 67.2 Å². The van der Waals surface area contributed by atoms with E-state index in [-0.39, 0.29) is 11.9 Å². The molecule has 1 rings (SSSR count). The van der Waals surface area contributed by atoms with Gasteiger partial charge in [-0.05, 0) is 52.7 Å². The van der Waals surface area contributed by atoms with E-state index in [4.69, 9.17) is 9.47 Å². The van der Waals surface area contributed by atoms with E-state index < -0.39 is 10.8 Å². The van der Waals surface area contributed by atoms with Gasteiger partial charge in [-0.25, -0.2) is 0 Å². The van der Waals surface area contributed by atoms with E-state index >= 15 is 0 Å². The number of hydrogen-bond donors (Lipinski definition) is 0. The summed E-state index contributed by atoms with van der Waals surface area (Å²) in [6, 6.07) is 6.67. The Balaban J connectivity index is 2.81. The summed E-state index contributed by atoms with van der Waals surface area (Å²) in [6.07, 6.45) is 3.33. The van der Waals surface area contributed by atoms with Crippen molar-refractivity contribution in [2.75, 3.05) is 0 Å². The van der Waals surface area contributed by atoms with E-state index in [0.29, 0.717) is 11.5 Å². The van der Waals surface area contributed by atoms with E-state index in [1.54, 1.807) is 24.3 Å². The van der Waals surface area contributed by atoms with Crippen LogP contribution in [0.15, 0.2) is 24.3 Å². The van der Waals surface area contributed by atoms with Crippen LogP contribution in [0.2, 0.25) is 0 Å². The molecule has 1 aromatic carbocycles. The molecule has 24 heavy (non-hydrogen) atoms. The van der Waals surface area contributed by atoms with Gasteiger partial charge in [0.2, 0.25) is 0 Å². The standard InChI is InChI=1S/C20H30O4/c1-7-12-19(3,4)17(21)23-15-10-9-11-16(14-15)24-18(22)20(5,6)13-8-2/h9-11,14H,7-8,12-13H2,1-6H3. The maximum Gasteiger partial charge on any atom is 0.316 e. The average molecular weight is 334 g/mol. The van der Waals surface area contributed by atoms with Crippen LogP contribution < -0.4 is 9.47 Å². The Kier molecular flexibility index (Phi) is 7.00. The summed E-state index contributed by atoms with van der Waals surface area (Å²) >= 11 is 0. The van der Waals surface area contributed by atoms with E-state index in [9.17, 15) is 9.59 Å². The van der Waals surface area contributed by atoms with Crippen LogP contribution in [0, 0.1) is 10.8 Å². The second-order valence-electron chi connectivity index (χ2n) is 7.52. The summed E-state index contributed by atoms with van der Waals surface area (Å²) in [4.78, 5) is 24.5. The second kappa shape index (κ2) is 8.32. The van der Waals surface area contributed by atoms with Gasteiger partial charge in [0.1, 0.15) is 11.5 Å². The molecular formula is C20H30O4. The zero-order valence-corrected chi connectivity index (χ0v) is 15.8. The monoisotopic (exact) mass is 334 g/mol. The molecule has 0 spiro atoms.